The van der Waals surface area contributed by atoms with Gasteiger partial charge in [-0.05, 0) is 55.9 Å². The van der Waals surface area contributed by atoms with Crippen LogP contribution >= 0.6 is 11.3 Å². The second-order valence-corrected chi connectivity index (χ2v) is 6.24. The molecule has 0 amide bonds. The van der Waals surface area contributed by atoms with Gasteiger partial charge in [0.2, 0.25) is 0 Å². The Bertz CT molecular complexity index is 467. The molecule has 1 aliphatic heterocycles. The second kappa shape index (κ2) is 5.83. The molecule has 2 N–H and O–H groups in total. The summed E-state index contributed by atoms with van der Waals surface area (Å²) in [6.07, 6.45) is 2.64. The van der Waals surface area contributed by atoms with Crippen LogP contribution in [0.4, 0.5) is 0 Å². The Balaban J connectivity index is 1.53. The topological polar surface area (TPSA) is 24.1 Å². The number of hydrogen-bond donors (Lipinski definition) is 2. The Morgan fingerprint density at radius 2 is 2.06 bits per heavy atom. The number of rotatable bonds is 4. The van der Waals surface area contributed by atoms with Gasteiger partial charge >= 0.3 is 0 Å². The molecule has 1 saturated heterocycles. The molecule has 0 atom stereocenters. The number of thiophene rings is 1. The smallest absolute Gasteiger partial charge is 0.0346 e. The van der Waals surface area contributed by atoms with Crippen molar-refractivity contribution in [2.45, 2.75) is 19.4 Å². The van der Waals surface area contributed by atoms with Crippen molar-refractivity contribution in [1.29, 1.82) is 0 Å². The van der Waals surface area contributed by atoms with Crippen LogP contribution < -0.4 is 10.6 Å². The first-order valence-electron chi connectivity index (χ1n) is 6.81. The Labute approximate surface area is 112 Å². The lowest BCUT2D eigenvalue weighted by Gasteiger charge is -2.22. The van der Waals surface area contributed by atoms with Gasteiger partial charge in [0.25, 0.3) is 0 Å². The molecule has 0 aliphatic carbocycles. The van der Waals surface area contributed by atoms with Crippen LogP contribution in [0.15, 0.2) is 30.3 Å². The lowest BCUT2D eigenvalue weighted by Crippen LogP contribution is -2.33. The molecule has 96 valence electrons. The molecule has 1 aromatic carbocycles. The van der Waals surface area contributed by atoms with E-state index in [0.717, 1.165) is 19.0 Å². The van der Waals surface area contributed by atoms with Gasteiger partial charge in [0.15, 0.2) is 0 Å². The van der Waals surface area contributed by atoms with Crippen LogP contribution in [0.5, 0.6) is 0 Å². The van der Waals surface area contributed by atoms with Gasteiger partial charge in [-0.1, -0.05) is 18.2 Å². The third-order valence-corrected chi connectivity index (χ3v) is 4.78. The minimum Gasteiger partial charge on any atom is -0.317 e. The average Bonchev–Trinajstić information content (AvgIpc) is 2.82. The van der Waals surface area contributed by atoms with Gasteiger partial charge in [0.05, 0.1) is 0 Å². The first kappa shape index (κ1) is 12.2. The van der Waals surface area contributed by atoms with Gasteiger partial charge in [-0.3, -0.25) is 0 Å². The van der Waals surface area contributed by atoms with Crippen LogP contribution in [0.1, 0.15) is 17.7 Å². The summed E-state index contributed by atoms with van der Waals surface area (Å²) in [6, 6.07) is 10.9. The standard InChI is InChI=1S/C15H20N2S/c1-2-4-15-13(3-1)9-14(18-15)11-17-10-12-5-7-16-8-6-12/h1-4,9,12,16-17H,5-8,10-11H2. The maximum absolute atomic E-state index is 3.61. The zero-order valence-electron chi connectivity index (χ0n) is 10.6. The lowest BCUT2D eigenvalue weighted by molar-refractivity contribution is 0.357. The summed E-state index contributed by atoms with van der Waals surface area (Å²) in [6.45, 7) is 4.56. The van der Waals surface area contributed by atoms with Crippen LogP contribution in [0.25, 0.3) is 10.1 Å². The summed E-state index contributed by atoms with van der Waals surface area (Å²) < 4.78 is 1.40. The van der Waals surface area contributed by atoms with Crippen molar-refractivity contribution in [3.05, 3.63) is 35.2 Å². The summed E-state index contributed by atoms with van der Waals surface area (Å²) >= 11 is 1.91. The van der Waals surface area contributed by atoms with E-state index in [0.29, 0.717) is 0 Å². The molecule has 2 heterocycles. The van der Waals surface area contributed by atoms with Crippen molar-refractivity contribution in [2.24, 2.45) is 5.92 Å². The number of piperidine rings is 1. The SMILES string of the molecule is c1ccc2sc(CNCC3CCNCC3)cc2c1. The third-order valence-electron chi connectivity index (χ3n) is 3.67. The Morgan fingerprint density at radius 1 is 1.22 bits per heavy atom. The fraction of sp³-hybridized carbons (Fsp3) is 0.467. The number of fused-ring (bicyclic) bond motifs is 1. The molecule has 2 nitrogen and oxygen atoms in total. The molecule has 0 unspecified atom stereocenters. The summed E-state index contributed by atoms with van der Waals surface area (Å²) in [5.74, 6) is 0.862. The predicted octanol–water partition coefficient (Wildman–Crippen LogP) is 2.99. The Morgan fingerprint density at radius 3 is 2.89 bits per heavy atom. The van der Waals surface area contributed by atoms with Gasteiger partial charge in [-0.25, -0.2) is 0 Å². The van der Waals surface area contributed by atoms with Gasteiger partial charge in [-0.2, -0.15) is 0 Å². The van der Waals surface area contributed by atoms with Crippen molar-refractivity contribution in [3.8, 4) is 0 Å². The van der Waals surface area contributed by atoms with Crippen molar-refractivity contribution in [2.75, 3.05) is 19.6 Å². The number of hydrogen-bond acceptors (Lipinski definition) is 3. The highest BCUT2D eigenvalue weighted by Crippen LogP contribution is 2.25. The molecular weight excluding hydrogens is 240 g/mol. The van der Waals surface area contributed by atoms with E-state index in [9.17, 15) is 0 Å². The van der Waals surface area contributed by atoms with Crippen LogP contribution in [-0.2, 0) is 6.54 Å². The normalized spacial score (nSPS) is 17.3. The molecule has 0 bridgehead atoms. The fourth-order valence-corrected chi connectivity index (χ4v) is 3.64. The number of nitrogens with one attached hydrogen (secondary N) is 2. The van der Waals surface area contributed by atoms with Gasteiger partial charge in [-0.15, -0.1) is 11.3 Å². The summed E-state index contributed by atoms with van der Waals surface area (Å²) in [5.41, 5.74) is 0. The van der Waals surface area contributed by atoms with Crippen molar-refractivity contribution >= 4 is 21.4 Å². The highest BCUT2D eigenvalue weighted by atomic mass is 32.1. The van der Waals surface area contributed by atoms with Crippen LogP contribution in [0.3, 0.4) is 0 Å². The third kappa shape index (κ3) is 2.91. The van der Waals surface area contributed by atoms with Crippen LogP contribution in [0, 0.1) is 5.92 Å². The first-order chi connectivity index (χ1) is 8.92. The van der Waals surface area contributed by atoms with Crippen molar-refractivity contribution in [1.82, 2.24) is 10.6 Å². The Hall–Kier alpha value is -0.900. The average molecular weight is 260 g/mol. The molecule has 2 aromatic rings. The molecule has 0 saturated carbocycles. The van der Waals surface area contributed by atoms with E-state index in [4.69, 9.17) is 0 Å². The van der Waals surface area contributed by atoms with Crippen molar-refractivity contribution < 1.29 is 0 Å². The summed E-state index contributed by atoms with van der Waals surface area (Å²) in [5, 5.41) is 8.41. The van der Waals surface area contributed by atoms with E-state index >= 15 is 0 Å². The lowest BCUT2D eigenvalue weighted by atomic mass is 9.98. The Kier molecular flexibility index (Phi) is 3.93. The first-order valence-corrected chi connectivity index (χ1v) is 7.62. The summed E-state index contributed by atoms with van der Waals surface area (Å²) in [4.78, 5) is 1.45. The predicted molar refractivity (Wildman–Crippen MR) is 79.1 cm³/mol. The van der Waals surface area contributed by atoms with E-state index in [1.807, 2.05) is 11.3 Å². The molecule has 3 heteroatoms. The van der Waals surface area contributed by atoms with Gasteiger partial charge in [0, 0.05) is 16.1 Å². The summed E-state index contributed by atoms with van der Waals surface area (Å²) in [7, 11) is 0. The zero-order valence-corrected chi connectivity index (χ0v) is 11.4. The van der Waals surface area contributed by atoms with Crippen molar-refractivity contribution in [3.63, 3.8) is 0 Å². The highest BCUT2D eigenvalue weighted by Gasteiger charge is 2.12. The largest absolute Gasteiger partial charge is 0.317 e. The van der Waals surface area contributed by atoms with E-state index < -0.39 is 0 Å². The van der Waals surface area contributed by atoms with E-state index in [-0.39, 0.29) is 0 Å². The number of benzene rings is 1. The van der Waals surface area contributed by atoms with E-state index in [1.54, 1.807) is 0 Å². The molecule has 1 aliphatic rings. The minimum atomic E-state index is 0.862. The molecule has 3 rings (SSSR count). The maximum atomic E-state index is 3.61. The van der Waals surface area contributed by atoms with Gasteiger partial charge < -0.3 is 10.6 Å². The van der Waals surface area contributed by atoms with Crippen LogP contribution in [0.2, 0.25) is 0 Å². The molecule has 0 spiro atoms. The second-order valence-electron chi connectivity index (χ2n) is 5.07. The quantitative estimate of drug-likeness (QED) is 0.883. The fourth-order valence-electron chi connectivity index (χ4n) is 2.61. The van der Waals surface area contributed by atoms with E-state index in [2.05, 4.69) is 41.0 Å². The maximum Gasteiger partial charge on any atom is 0.0346 e. The molecule has 0 radical (unpaired) electrons. The van der Waals surface area contributed by atoms with Gasteiger partial charge in [0.1, 0.15) is 0 Å². The van der Waals surface area contributed by atoms with Crippen LogP contribution in [-0.4, -0.2) is 19.6 Å². The zero-order chi connectivity index (χ0) is 12.2. The molecule has 18 heavy (non-hydrogen) atoms. The molecule has 1 fully saturated rings. The minimum absolute atomic E-state index is 0.862. The molecule has 1 aromatic heterocycles. The van der Waals surface area contributed by atoms with E-state index in [1.165, 1.54) is 40.9 Å². The molecular formula is C15H20N2S. The highest BCUT2D eigenvalue weighted by molar-refractivity contribution is 7.19. The monoisotopic (exact) mass is 260 g/mol.